The van der Waals surface area contributed by atoms with E-state index in [4.69, 9.17) is 9.15 Å². The highest BCUT2D eigenvalue weighted by Gasteiger charge is 2.37. The fraction of sp³-hybridized carbons (Fsp3) is 0.714. The number of rotatable bonds is 3. The van der Waals surface area contributed by atoms with E-state index >= 15 is 0 Å². The summed E-state index contributed by atoms with van der Waals surface area (Å²) in [5, 5.41) is 2.99. The minimum absolute atomic E-state index is 0.0126. The summed E-state index contributed by atoms with van der Waals surface area (Å²) < 4.78 is 10.9. The summed E-state index contributed by atoms with van der Waals surface area (Å²) >= 11 is 0. The Balaban J connectivity index is 2.12. The van der Waals surface area contributed by atoms with Crippen LogP contribution < -0.4 is 5.32 Å². The predicted octanol–water partition coefficient (Wildman–Crippen LogP) is 2.26. The Hall–Kier alpha value is -1.36. The van der Waals surface area contributed by atoms with Crippen LogP contribution in [0.3, 0.4) is 0 Å². The third kappa shape index (κ3) is 2.81. The summed E-state index contributed by atoms with van der Waals surface area (Å²) in [4.78, 5) is 16.5. The molecule has 2 heterocycles. The van der Waals surface area contributed by atoms with Gasteiger partial charge in [-0.05, 0) is 6.92 Å². The number of ether oxygens (including phenoxy) is 1. The van der Waals surface area contributed by atoms with Crippen molar-refractivity contribution < 1.29 is 13.9 Å². The molecule has 1 N–H and O–H groups in total. The number of oxazole rings is 1. The molecule has 1 saturated heterocycles. The van der Waals surface area contributed by atoms with Crippen LogP contribution in [0.2, 0.25) is 0 Å². The summed E-state index contributed by atoms with van der Waals surface area (Å²) in [6, 6.07) is 0.0126. The van der Waals surface area contributed by atoms with Gasteiger partial charge in [-0.3, -0.25) is 4.79 Å². The first-order valence-corrected chi connectivity index (χ1v) is 6.67. The minimum atomic E-state index is -0.184. The number of nitrogens with zero attached hydrogens (tertiary/aromatic N) is 1. The van der Waals surface area contributed by atoms with Crippen LogP contribution in [-0.4, -0.2) is 30.1 Å². The number of nitrogens with one attached hydrogen (secondary N) is 1. The van der Waals surface area contributed by atoms with Gasteiger partial charge in [0.25, 0.3) is 5.91 Å². The smallest absolute Gasteiger partial charge is 0.273 e. The van der Waals surface area contributed by atoms with Gasteiger partial charge in [0.1, 0.15) is 5.76 Å². The molecule has 1 aromatic rings. The summed E-state index contributed by atoms with van der Waals surface area (Å²) in [6.45, 7) is 11.1. The standard InChI is InChI=1S/C14H22N2O3/c1-8(2)13-16-11(9(3)19-13)12(17)15-10-6-18-7-14(10,4)5/h8,10H,6-7H2,1-5H3,(H,15,17)/t10-/m0/s1. The zero-order valence-corrected chi connectivity index (χ0v) is 12.2. The Morgan fingerprint density at radius 2 is 2.16 bits per heavy atom. The van der Waals surface area contributed by atoms with Crippen LogP contribution in [0.1, 0.15) is 55.8 Å². The molecule has 1 amide bonds. The lowest BCUT2D eigenvalue weighted by molar-refractivity contribution is 0.0909. The molecule has 0 bridgehead atoms. The molecule has 5 heteroatoms. The molecule has 5 nitrogen and oxygen atoms in total. The highest BCUT2D eigenvalue weighted by molar-refractivity contribution is 5.93. The van der Waals surface area contributed by atoms with Gasteiger partial charge in [-0.25, -0.2) is 4.98 Å². The second kappa shape index (κ2) is 4.96. The molecule has 2 rings (SSSR count). The lowest BCUT2D eigenvalue weighted by Gasteiger charge is -2.24. The Morgan fingerprint density at radius 3 is 2.63 bits per heavy atom. The lowest BCUT2D eigenvalue weighted by Crippen LogP contribution is -2.44. The largest absolute Gasteiger partial charge is 0.445 e. The molecular formula is C14H22N2O3. The van der Waals surface area contributed by atoms with Gasteiger partial charge in [-0.2, -0.15) is 0 Å². The maximum absolute atomic E-state index is 12.3. The molecule has 106 valence electrons. The number of aryl methyl sites for hydroxylation is 1. The Kier molecular flexibility index (Phi) is 3.67. The highest BCUT2D eigenvalue weighted by atomic mass is 16.5. The van der Waals surface area contributed by atoms with Gasteiger partial charge in [0.05, 0.1) is 19.3 Å². The van der Waals surface area contributed by atoms with E-state index in [2.05, 4.69) is 24.1 Å². The van der Waals surface area contributed by atoms with E-state index in [0.29, 0.717) is 30.6 Å². The molecule has 0 unspecified atom stereocenters. The second-order valence-corrected chi connectivity index (χ2v) is 6.14. The molecular weight excluding hydrogens is 244 g/mol. The van der Waals surface area contributed by atoms with Crippen molar-refractivity contribution in [1.29, 1.82) is 0 Å². The van der Waals surface area contributed by atoms with Crippen molar-refractivity contribution in [3.63, 3.8) is 0 Å². The van der Waals surface area contributed by atoms with Gasteiger partial charge in [-0.15, -0.1) is 0 Å². The Morgan fingerprint density at radius 1 is 1.47 bits per heavy atom. The zero-order chi connectivity index (χ0) is 14.2. The second-order valence-electron chi connectivity index (χ2n) is 6.14. The normalized spacial score (nSPS) is 21.9. The number of aromatic nitrogens is 1. The van der Waals surface area contributed by atoms with Gasteiger partial charge in [-0.1, -0.05) is 27.7 Å². The van der Waals surface area contributed by atoms with Crippen molar-refractivity contribution in [2.45, 2.75) is 46.6 Å². The van der Waals surface area contributed by atoms with Crippen molar-refractivity contribution in [2.75, 3.05) is 13.2 Å². The Labute approximate surface area is 113 Å². The van der Waals surface area contributed by atoms with Crippen molar-refractivity contribution in [3.05, 3.63) is 17.3 Å². The lowest BCUT2D eigenvalue weighted by atomic mass is 9.88. The van der Waals surface area contributed by atoms with Gasteiger partial charge in [0, 0.05) is 11.3 Å². The van der Waals surface area contributed by atoms with Crippen LogP contribution in [0.4, 0.5) is 0 Å². The molecule has 1 aromatic heterocycles. The third-order valence-electron chi connectivity index (χ3n) is 3.53. The molecule has 0 spiro atoms. The molecule has 1 aliphatic rings. The quantitative estimate of drug-likeness (QED) is 0.911. The first-order valence-electron chi connectivity index (χ1n) is 6.67. The molecule has 19 heavy (non-hydrogen) atoms. The molecule has 0 radical (unpaired) electrons. The van der Waals surface area contributed by atoms with E-state index in [9.17, 15) is 4.79 Å². The first kappa shape index (κ1) is 14.1. The average molecular weight is 266 g/mol. The van der Waals surface area contributed by atoms with Crippen LogP contribution in [0.15, 0.2) is 4.42 Å². The molecule has 0 aromatic carbocycles. The number of carbonyl (C=O) groups excluding carboxylic acids is 1. The summed E-state index contributed by atoms with van der Waals surface area (Å²) in [7, 11) is 0. The highest BCUT2D eigenvalue weighted by Crippen LogP contribution is 2.27. The molecule has 0 saturated carbocycles. The first-order chi connectivity index (χ1) is 8.81. The van der Waals surface area contributed by atoms with Gasteiger partial charge < -0.3 is 14.5 Å². The van der Waals surface area contributed by atoms with Gasteiger partial charge >= 0.3 is 0 Å². The summed E-state index contributed by atoms with van der Waals surface area (Å²) in [5.74, 6) is 1.16. The number of amides is 1. The van der Waals surface area contributed by atoms with Crippen molar-refractivity contribution in [3.8, 4) is 0 Å². The zero-order valence-electron chi connectivity index (χ0n) is 12.2. The van der Waals surface area contributed by atoms with E-state index in [1.54, 1.807) is 6.92 Å². The van der Waals surface area contributed by atoms with Crippen LogP contribution in [0.25, 0.3) is 0 Å². The Bertz CT molecular complexity index is 477. The topological polar surface area (TPSA) is 64.4 Å². The SMILES string of the molecule is Cc1oc(C(C)C)nc1C(=O)N[C@H]1COCC1(C)C. The third-order valence-corrected chi connectivity index (χ3v) is 3.53. The van der Waals surface area contributed by atoms with Crippen molar-refractivity contribution in [2.24, 2.45) is 5.41 Å². The van der Waals surface area contributed by atoms with Gasteiger partial charge in [0.15, 0.2) is 11.6 Å². The van der Waals surface area contributed by atoms with E-state index in [-0.39, 0.29) is 23.3 Å². The fourth-order valence-electron chi connectivity index (χ4n) is 2.10. The fourth-order valence-corrected chi connectivity index (χ4v) is 2.10. The summed E-state index contributed by atoms with van der Waals surface area (Å²) in [6.07, 6.45) is 0. The number of carbonyl (C=O) groups is 1. The van der Waals surface area contributed by atoms with Crippen LogP contribution in [-0.2, 0) is 4.74 Å². The monoisotopic (exact) mass is 266 g/mol. The van der Waals surface area contributed by atoms with E-state index < -0.39 is 0 Å². The minimum Gasteiger partial charge on any atom is -0.445 e. The molecule has 1 fully saturated rings. The van der Waals surface area contributed by atoms with E-state index in [1.807, 2.05) is 13.8 Å². The molecule has 0 aliphatic carbocycles. The van der Waals surface area contributed by atoms with E-state index in [0.717, 1.165) is 0 Å². The van der Waals surface area contributed by atoms with Crippen LogP contribution in [0.5, 0.6) is 0 Å². The van der Waals surface area contributed by atoms with E-state index in [1.165, 1.54) is 0 Å². The molecule has 1 atom stereocenters. The van der Waals surface area contributed by atoms with Crippen LogP contribution in [0, 0.1) is 12.3 Å². The van der Waals surface area contributed by atoms with Crippen molar-refractivity contribution in [1.82, 2.24) is 10.3 Å². The number of hydrogen-bond donors (Lipinski definition) is 1. The average Bonchev–Trinajstić information content (AvgIpc) is 2.83. The maximum atomic E-state index is 12.3. The van der Waals surface area contributed by atoms with Crippen molar-refractivity contribution >= 4 is 5.91 Å². The van der Waals surface area contributed by atoms with Crippen LogP contribution >= 0.6 is 0 Å². The summed E-state index contributed by atoms with van der Waals surface area (Å²) in [5.41, 5.74) is 0.333. The number of hydrogen-bond acceptors (Lipinski definition) is 4. The predicted molar refractivity (Wildman–Crippen MR) is 71.2 cm³/mol. The van der Waals surface area contributed by atoms with Gasteiger partial charge in [0.2, 0.25) is 0 Å². The maximum Gasteiger partial charge on any atom is 0.273 e. The molecule has 1 aliphatic heterocycles.